The Morgan fingerprint density at radius 2 is 1.80 bits per heavy atom. The first-order valence-corrected chi connectivity index (χ1v) is 14.6. The van der Waals surface area contributed by atoms with Crippen LogP contribution in [0.25, 0.3) is 27.7 Å². The minimum atomic E-state index is -4.70. The van der Waals surface area contributed by atoms with Gasteiger partial charge in [0.25, 0.3) is 0 Å². The van der Waals surface area contributed by atoms with E-state index in [2.05, 4.69) is 11.1 Å². The number of nitrogens with zero attached hydrogens (tertiary/aromatic N) is 6. The van der Waals surface area contributed by atoms with Crippen molar-refractivity contribution >= 4 is 45.3 Å². The standard InChI is InChI=1S/C32H27F3N6O4/c33-32(34,35)30(44)19-4-7-38(8-5-19)31(45)40-10-9-39-17-22(21-12-18(14-36)11-20(16-40)29(21)39)27-24(42)13-25(43)28(27)23-15-37-26-3-1-2-6-41(23)26/h1-3,6,11-12,15,17,19,30,44H,4-5,7-10,13,16H2. The van der Waals surface area contributed by atoms with E-state index in [9.17, 15) is 37.9 Å². The highest BCUT2D eigenvalue weighted by Gasteiger charge is 2.45. The van der Waals surface area contributed by atoms with Gasteiger partial charge in [-0.3, -0.25) is 14.0 Å². The fraction of sp³-hybridized carbons (Fsp3) is 0.344. The van der Waals surface area contributed by atoms with Crippen LogP contribution in [-0.4, -0.2) is 78.4 Å². The molecule has 0 saturated carbocycles. The monoisotopic (exact) mass is 616 g/mol. The number of Topliss-reactive ketones (excluding diaryl/α,β-unsaturated/α-hetero) is 2. The van der Waals surface area contributed by atoms with Crippen LogP contribution in [0.3, 0.4) is 0 Å². The first kappa shape index (κ1) is 28.8. The molecule has 1 fully saturated rings. The fourth-order valence-corrected chi connectivity index (χ4v) is 6.91. The van der Waals surface area contributed by atoms with Crippen molar-refractivity contribution < 1.29 is 32.7 Å². The predicted octanol–water partition coefficient (Wildman–Crippen LogP) is 4.18. The lowest BCUT2D eigenvalue weighted by Gasteiger charge is -2.37. The Balaban J connectivity index is 1.25. The van der Waals surface area contributed by atoms with E-state index in [1.165, 1.54) is 4.90 Å². The lowest BCUT2D eigenvalue weighted by Crippen LogP contribution is -2.49. The molecule has 1 aliphatic carbocycles. The zero-order valence-corrected chi connectivity index (χ0v) is 23.9. The number of urea groups is 1. The molecule has 10 nitrogen and oxygen atoms in total. The minimum absolute atomic E-state index is 0.0362. The second-order valence-electron chi connectivity index (χ2n) is 11.7. The Hall–Kier alpha value is -4.96. The maximum Gasteiger partial charge on any atom is 0.414 e. The molecule has 3 aromatic heterocycles. The Bertz CT molecular complexity index is 1980. The molecule has 7 rings (SSSR count). The van der Waals surface area contributed by atoms with Crippen LogP contribution in [0.2, 0.25) is 0 Å². The first-order chi connectivity index (χ1) is 21.5. The summed E-state index contributed by atoms with van der Waals surface area (Å²) < 4.78 is 42.7. The van der Waals surface area contributed by atoms with E-state index >= 15 is 0 Å². The van der Waals surface area contributed by atoms with E-state index in [1.807, 2.05) is 16.7 Å². The number of likely N-dealkylation sites (tertiary alicyclic amines) is 1. The second kappa shape index (κ2) is 10.6. The number of alkyl halides is 3. The summed E-state index contributed by atoms with van der Waals surface area (Å²) in [5, 5.41) is 20.2. The summed E-state index contributed by atoms with van der Waals surface area (Å²) in [4.78, 5) is 47.7. The topological polar surface area (TPSA) is 124 Å². The van der Waals surface area contributed by atoms with Crippen LogP contribution >= 0.6 is 0 Å². The number of benzene rings is 1. The van der Waals surface area contributed by atoms with Gasteiger partial charge in [0.1, 0.15) is 5.65 Å². The normalized spacial score (nSPS) is 18.6. The molecule has 0 spiro atoms. The number of piperidine rings is 1. The van der Waals surface area contributed by atoms with E-state index < -0.39 is 18.2 Å². The smallest absolute Gasteiger partial charge is 0.383 e. The van der Waals surface area contributed by atoms with Gasteiger partial charge in [-0.15, -0.1) is 0 Å². The van der Waals surface area contributed by atoms with Gasteiger partial charge in [-0.1, -0.05) is 6.07 Å². The highest BCUT2D eigenvalue weighted by atomic mass is 19.4. The molecule has 4 aromatic rings. The number of aliphatic hydroxyl groups excluding tert-OH is 1. The number of allylic oxidation sites excluding steroid dienone is 2. The zero-order chi connectivity index (χ0) is 31.6. The van der Waals surface area contributed by atoms with Crippen molar-refractivity contribution in [3.8, 4) is 6.07 Å². The van der Waals surface area contributed by atoms with Gasteiger partial charge in [0.15, 0.2) is 17.7 Å². The third-order valence-electron chi connectivity index (χ3n) is 9.09. The van der Waals surface area contributed by atoms with Crippen molar-refractivity contribution in [1.82, 2.24) is 23.8 Å². The van der Waals surface area contributed by atoms with Gasteiger partial charge in [-0.05, 0) is 48.6 Å². The molecule has 1 atom stereocenters. The number of pyridine rings is 1. The average molecular weight is 617 g/mol. The molecule has 0 bridgehead atoms. The van der Waals surface area contributed by atoms with Gasteiger partial charge in [-0.2, -0.15) is 18.4 Å². The lowest BCUT2D eigenvalue weighted by molar-refractivity contribution is -0.222. The molecule has 1 unspecified atom stereocenters. The molecule has 1 aromatic carbocycles. The molecular formula is C32H27F3N6O4. The lowest BCUT2D eigenvalue weighted by atomic mass is 9.91. The second-order valence-corrected chi connectivity index (χ2v) is 11.7. The van der Waals surface area contributed by atoms with E-state index in [0.717, 1.165) is 5.52 Å². The maximum atomic E-state index is 13.6. The van der Waals surface area contributed by atoms with Crippen molar-refractivity contribution in [3.05, 3.63) is 71.3 Å². The molecular weight excluding hydrogens is 589 g/mol. The zero-order valence-electron chi connectivity index (χ0n) is 23.9. The number of hydrogen-bond donors (Lipinski definition) is 1. The summed E-state index contributed by atoms with van der Waals surface area (Å²) >= 11 is 0. The summed E-state index contributed by atoms with van der Waals surface area (Å²) in [5.41, 5.74) is 3.95. The van der Waals surface area contributed by atoms with Gasteiger partial charge in [0, 0.05) is 61.6 Å². The Labute approximate surface area is 254 Å². The van der Waals surface area contributed by atoms with Crippen molar-refractivity contribution in [2.24, 2.45) is 5.92 Å². The third kappa shape index (κ3) is 4.76. The summed E-state index contributed by atoms with van der Waals surface area (Å²) in [6, 6.07) is 10.7. The van der Waals surface area contributed by atoms with E-state index in [0.29, 0.717) is 40.0 Å². The van der Waals surface area contributed by atoms with Crippen molar-refractivity contribution in [1.29, 1.82) is 5.26 Å². The number of carbonyl (C=O) groups excluding carboxylic acids is 3. The van der Waals surface area contributed by atoms with Gasteiger partial charge < -0.3 is 19.5 Å². The Morgan fingerprint density at radius 3 is 2.53 bits per heavy atom. The minimum Gasteiger partial charge on any atom is -0.383 e. The van der Waals surface area contributed by atoms with Crippen LogP contribution in [0.1, 0.15) is 41.6 Å². The Kier molecular flexibility index (Phi) is 6.77. The SMILES string of the molecule is N#Cc1cc2c3c(c1)c(C1=C(c4cnc5ccccn45)C(=O)CC1=O)cn3CCN(C(=O)N1CCC(C(O)C(F)(F)F)CC1)C2. The molecule has 3 aliphatic rings. The summed E-state index contributed by atoms with van der Waals surface area (Å²) in [6.07, 6.45) is -2.18. The average Bonchev–Trinajstić information content (AvgIpc) is 3.65. The molecule has 45 heavy (non-hydrogen) atoms. The van der Waals surface area contributed by atoms with Gasteiger partial charge >= 0.3 is 12.2 Å². The van der Waals surface area contributed by atoms with Crippen LogP contribution in [0, 0.1) is 17.2 Å². The summed E-state index contributed by atoms with van der Waals surface area (Å²) in [6.45, 7) is 0.952. The number of aliphatic hydroxyl groups is 1. The third-order valence-corrected chi connectivity index (χ3v) is 9.09. The molecule has 2 aliphatic heterocycles. The maximum absolute atomic E-state index is 13.6. The van der Waals surface area contributed by atoms with Gasteiger partial charge in [-0.25, -0.2) is 9.78 Å². The number of ketones is 2. The highest BCUT2D eigenvalue weighted by Crippen LogP contribution is 2.41. The largest absolute Gasteiger partial charge is 0.414 e. The van der Waals surface area contributed by atoms with Crippen LogP contribution < -0.4 is 0 Å². The number of nitriles is 1. The van der Waals surface area contributed by atoms with Gasteiger partial charge in [0.2, 0.25) is 0 Å². The molecule has 1 saturated heterocycles. The van der Waals surface area contributed by atoms with Crippen LogP contribution in [-0.2, 0) is 22.7 Å². The predicted molar refractivity (Wildman–Crippen MR) is 155 cm³/mol. The van der Waals surface area contributed by atoms with Crippen molar-refractivity contribution in [3.63, 3.8) is 0 Å². The van der Waals surface area contributed by atoms with Crippen LogP contribution in [0.15, 0.2) is 48.9 Å². The number of hydrogen-bond acceptors (Lipinski definition) is 6. The van der Waals surface area contributed by atoms with E-state index in [1.54, 1.807) is 46.1 Å². The number of amides is 2. The van der Waals surface area contributed by atoms with E-state index in [4.69, 9.17) is 0 Å². The highest BCUT2D eigenvalue weighted by molar-refractivity contribution is 6.51. The van der Waals surface area contributed by atoms with E-state index in [-0.39, 0.29) is 74.2 Å². The molecule has 13 heteroatoms. The number of carbonyl (C=O) groups is 3. The Morgan fingerprint density at radius 1 is 1.04 bits per heavy atom. The first-order valence-electron chi connectivity index (χ1n) is 14.6. The number of rotatable bonds is 3. The molecule has 1 N–H and O–H groups in total. The van der Waals surface area contributed by atoms with Crippen LogP contribution in [0.4, 0.5) is 18.0 Å². The van der Waals surface area contributed by atoms with Gasteiger partial charge in [0.05, 0.1) is 41.0 Å². The summed E-state index contributed by atoms with van der Waals surface area (Å²) in [7, 11) is 0. The van der Waals surface area contributed by atoms with Crippen molar-refractivity contribution in [2.45, 2.75) is 44.6 Å². The molecule has 2 amide bonds. The number of imidazole rings is 1. The number of fused-ring (bicyclic) bond motifs is 1. The summed E-state index contributed by atoms with van der Waals surface area (Å²) in [5.74, 6) is -1.60. The molecule has 5 heterocycles. The number of aromatic nitrogens is 3. The van der Waals surface area contributed by atoms with Crippen LogP contribution in [0.5, 0.6) is 0 Å². The molecule has 0 radical (unpaired) electrons. The fourth-order valence-electron chi connectivity index (χ4n) is 6.91. The quantitative estimate of drug-likeness (QED) is 0.345. The number of halogens is 3. The molecule has 230 valence electrons. The van der Waals surface area contributed by atoms with Crippen molar-refractivity contribution in [2.75, 3.05) is 19.6 Å².